The molecule has 0 aliphatic heterocycles. The largest absolute Gasteiger partial charge is 0.401 e. The third-order valence-corrected chi connectivity index (χ3v) is 4.63. The summed E-state index contributed by atoms with van der Waals surface area (Å²) in [7, 11) is 0. The standard InChI is InChI=1S/C13H17NS/c1-9-4-5-12(8-10(9)2)15-13(6-7-13)11(3)14/h4-5,8H,3,6-7,14H2,1-2H3. The Balaban J connectivity index is 2.18. The topological polar surface area (TPSA) is 26.0 Å². The molecule has 15 heavy (non-hydrogen) atoms. The van der Waals surface area contributed by atoms with Crippen LogP contribution in [0.25, 0.3) is 0 Å². The Morgan fingerprint density at radius 1 is 1.33 bits per heavy atom. The number of nitrogens with two attached hydrogens (primary N) is 1. The maximum atomic E-state index is 5.83. The predicted octanol–water partition coefficient (Wildman–Crippen LogP) is 3.40. The van der Waals surface area contributed by atoms with Gasteiger partial charge >= 0.3 is 0 Å². The first-order valence-electron chi connectivity index (χ1n) is 5.25. The maximum Gasteiger partial charge on any atom is 0.0595 e. The summed E-state index contributed by atoms with van der Waals surface area (Å²) in [5, 5.41) is 0. The first-order valence-corrected chi connectivity index (χ1v) is 6.06. The molecule has 1 nitrogen and oxygen atoms in total. The minimum Gasteiger partial charge on any atom is -0.401 e. The van der Waals surface area contributed by atoms with Gasteiger partial charge in [-0.3, -0.25) is 0 Å². The highest BCUT2D eigenvalue weighted by atomic mass is 32.2. The highest BCUT2D eigenvalue weighted by molar-refractivity contribution is 8.01. The maximum absolute atomic E-state index is 5.83. The van der Waals surface area contributed by atoms with Crippen molar-refractivity contribution in [3.05, 3.63) is 41.6 Å². The molecule has 2 rings (SSSR count). The monoisotopic (exact) mass is 219 g/mol. The highest BCUT2D eigenvalue weighted by Crippen LogP contribution is 2.54. The van der Waals surface area contributed by atoms with Crippen LogP contribution >= 0.6 is 11.8 Å². The van der Waals surface area contributed by atoms with Gasteiger partial charge in [-0.2, -0.15) is 0 Å². The molecule has 0 amide bonds. The molecule has 1 aromatic carbocycles. The van der Waals surface area contributed by atoms with Crippen molar-refractivity contribution in [2.75, 3.05) is 0 Å². The lowest BCUT2D eigenvalue weighted by Gasteiger charge is -2.14. The third-order valence-electron chi connectivity index (χ3n) is 3.08. The minimum atomic E-state index is 0.141. The molecule has 2 heteroatoms. The summed E-state index contributed by atoms with van der Waals surface area (Å²) in [4.78, 5) is 1.31. The van der Waals surface area contributed by atoms with Crippen LogP contribution in [0, 0.1) is 13.8 Å². The normalized spacial score (nSPS) is 17.5. The Bertz CT molecular complexity index is 405. The van der Waals surface area contributed by atoms with E-state index >= 15 is 0 Å². The smallest absolute Gasteiger partial charge is 0.0595 e. The molecule has 2 N–H and O–H groups in total. The van der Waals surface area contributed by atoms with Crippen LogP contribution < -0.4 is 5.73 Å². The second kappa shape index (κ2) is 3.60. The molecule has 0 atom stereocenters. The van der Waals surface area contributed by atoms with Crippen molar-refractivity contribution >= 4 is 11.8 Å². The molecule has 1 aliphatic carbocycles. The van der Waals surface area contributed by atoms with E-state index < -0.39 is 0 Å². The molecule has 1 fully saturated rings. The van der Waals surface area contributed by atoms with Crippen molar-refractivity contribution in [1.29, 1.82) is 0 Å². The fourth-order valence-electron chi connectivity index (χ4n) is 1.61. The van der Waals surface area contributed by atoms with E-state index in [1.54, 1.807) is 0 Å². The molecule has 0 spiro atoms. The summed E-state index contributed by atoms with van der Waals surface area (Å²) in [6.45, 7) is 8.17. The van der Waals surface area contributed by atoms with Crippen LogP contribution in [0.3, 0.4) is 0 Å². The number of thioether (sulfide) groups is 1. The molecule has 80 valence electrons. The van der Waals surface area contributed by atoms with Gasteiger partial charge in [-0.1, -0.05) is 12.6 Å². The van der Waals surface area contributed by atoms with Gasteiger partial charge in [0.2, 0.25) is 0 Å². The lowest BCUT2D eigenvalue weighted by Crippen LogP contribution is -2.13. The van der Waals surface area contributed by atoms with Crippen LogP contribution in [0.1, 0.15) is 24.0 Å². The molecule has 1 aliphatic rings. The average Bonchev–Trinajstić information content (AvgIpc) is 2.93. The van der Waals surface area contributed by atoms with E-state index in [1.165, 1.54) is 28.9 Å². The Labute approximate surface area is 95.8 Å². The van der Waals surface area contributed by atoms with Gasteiger partial charge in [0, 0.05) is 10.6 Å². The summed E-state index contributed by atoms with van der Waals surface area (Å²) in [6.07, 6.45) is 2.33. The van der Waals surface area contributed by atoms with E-state index in [-0.39, 0.29) is 4.75 Å². The fraction of sp³-hybridized carbons (Fsp3) is 0.385. The van der Waals surface area contributed by atoms with Crippen LogP contribution in [0.4, 0.5) is 0 Å². The number of rotatable bonds is 3. The molecular formula is C13H17NS. The zero-order valence-corrected chi connectivity index (χ0v) is 10.2. The van der Waals surface area contributed by atoms with Crippen molar-refractivity contribution in [2.45, 2.75) is 36.3 Å². The Morgan fingerprint density at radius 2 is 2.00 bits per heavy atom. The van der Waals surface area contributed by atoms with E-state index in [2.05, 4.69) is 38.6 Å². The van der Waals surface area contributed by atoms with Crippen molar-refractivity contribution in [2.24, 2.45) is 5.73 Å². The lowest BCUT2D eigenvalue weighted by atomic mass is 10.1. The van der Waals surface area contributed by atoms with E-state index in [4.69, 9.17) is 5.73 Å². The van der Waals surface area contributed by atoms with Crippen molar-refractivity contribution < 1.29 is 0 Å². The zero-order chi connectivity index (χ0) is 11.1. The van der Waals surface area contributed by atoms with Crippen molar-refractivity contribution in [3.8, 4) is 0 Å². The number of benzene rings is 1. The molecule has 0 radical (unpaired) electrons. The molecule has 1 saturated carbocycles. The van der Waals surface area contributed by atoms with Gasteiger partial charge in [0.25, 0.3) is 0 Å². The second-order valence-corrected chi connectivity index (χ2v) is 5.82. The van der Waals surface area contributed by atoms with Crippen LogP contribution in [0.5, 0.6) is 0 Å². The van der Waals surface area contributed by atoms with E-state index in [0.717, 1.165) is 5.70 Å². The van der Waals surface area contributed by atoms with Gasteiger partial charge in [0.1, 0.15) is 0 Å². The molecule has 0 aromatic heterocycles. The molecule has 0 heterocycles. The van der Waals surface area contributed by atoms with Crippen LogP contribution in [-0.4, -0.2) is 4.75 Å². The molecule has 0 unspecified atom stereocenters. The number of hydrogen-bond donors (Lipinski definition) is 1. The zero-order valence-electron chi connectivity index (χ0n) is 9.34. The molecule has 1 aromatic rings. The average molecular weight is 219 g/mol. The minimum absolute atomic E-state index is 0.141. The highest BCUT2D eigenvalue weighted by Gasteiger charge is 2.45. The van der Waals surface area contributed by atoms with Crippen molar-refractivity contribution in [3.63, 3.8) is 0 Å². The summed E-state index contributed by atoms with van der Waals surface area (Å²) in [5.74, 6) is 0. The Hall–Kier alpha value is -0.890. The summed E-state index contributed by atoms with van der Waals surface area (Å²) < 4.78 is 0.141. The van der Waals surface area contributed by atoms with Gasteiger partial charge in [-0.05, 0) is 49.9 Å². The second-order valence-electron chi connectivity index (χ2n) is 4.37. The van der Waals surface area contributed by atoms with Gasteiger partial charge in [0.15, 0.2) is 0 Å². The van der Waals surface area contributed by atoms with Gasteiger partial charge in [-0.15, -0.1) is 11.8 Å². The van der Waals surface area contributed by atoms with Crippen LogP contribution in [-0.2, 0) is 0 Å². The Kier molecular flexibility index (Phi) is 2.55. The fourth-order valence-corrected chi connectivity index (χ4v) is 2.87. The van der Waals surface area contributed by atoms with Gasteiger partial charge in [-0.25, -0.2) is 0 Å². The van der Waals surface area contributed by atoms with Crippen LogP contribution in [0.2, 0.25) is 0 Å². The van der Waals surface area contributed by atoms with Crippen molar-refractivity contribution in [1.82, 2.24) is 0 Å². The molecule has 0 bridgehead atoms. The van der Waals surface area contributed by atoms with E-state index in [9.17, 15) is 0 Å². The summed E-state index contributed by atoms with van der Waals surface area (Å²) in [5.41, 5.74) is 9.35. The third kappa shape index (κ3) is 2.05. The van der Waals surface area contributed by atoms with E-state index in [0.29, 0.717) is 0 Å². The molecular weight excluding hydrogens is 202 g/mol. The Morgan fingerprint density at radius 3 is 2.47 bits per heavy atom. The number of hydrogen-bond acceptors (Lipinski definition) is 2. The molecule has 0 saturated heterocycles. The first kappa shape index (κ1) is 10.6. The quantitative estimate of drug-likeness (QED) is 0.843. The lowest BCUT2D eigenvalue weighted by molar-refractivity contribution is 1.04. The van der Waals surface area contributed by atoms with E-state index in [1.807, 2.05) is 11.8 Å². The summed E-state index contributed by atoms with van der Waals surface area (Å²) >= 11 is 1.86. The first-order chi connectivity index (χ1) is 7.03. The summed E-state index contributed by atoms with van der Waals surface area (Å²) in [6, 6.07) is 6.59. The van der Waals surface area contributed by atoms with Crippen LogP contribution in [0.15, 0.2) is 35.4 Å². The van der Waals surface area contributed by atoms with Gasteiger partial charge < -0.3 is 5.73 Å². The SMILES string of the molecule is C=C(N)C1(Sc2ccc(C)c(C)c2)CC1. The number of aryl methyl sites for hydroxylation is 2. The predicted molar refractivity (Wildman–Crippen MR) is 67.1 cm³/mol. The van der Waals surface area contributed by atoms with Gasteiger partial charge in [0.05, 0.1) is 4.75 Å².